The van der Waals surface area contributed by atoms with Crippen LogP contribution in [0.25, 0.3) is 113 Å². The summed E-state index contributed by atoms with van der Waals surface area (Å²) in [6, 6.07) is 64.9. The summed E-state index contributed by atoms with van der Waals surface area (Å²) >= 11 is 3.69. The highest BCUT2D eigenvalue weighted by molar-refractivity contribution is 7.27. The Kier molecular flexibility index (Phi) is 7.24. The zero-order valence-electron chi connectivity index (χ0n) is 30.4. The number of benzene rings is 8. The van der Waals surface area contributed by atoms with E-state index in [1.54, 1.807) is 0 Å². The second-order valence-corrected chi connectivity index (χ2v) is 16.5. The smallest absolute Gasteiger partial charge is 0.165 e. The predicted octanol–water partition coefficient (Wildman–Crippen LogP) is 14.4. The molecule has 6 heteroatoms. The molecule has 0 saturated heterocycles. The van der Waals surface area contributed by atoms with Gasteiger partial charge < -0.3 is 4.57 Å². The lowest BCUT2D eigenvalue weighted by atomic mass is 10.00. The maximum Gasteiger partial charge on any atom is 0.165 e. The monoisotopic (exact) mass is 762 g/mol. The molecule has 0 aliphatic carbocycles. The van der Waals surface area contributed by atoms with Gasteiger partial charge in [-0.15, -0.1) is 22.7 Å². The van der Waals surface area contributed by atoms with Crippen LogP contribution in [-0.4, -0.2) is 19.5 Å². The molecule has 0 amide bonds. The Balaban J connectivity index is 1.07. The molecule has 4 nitrogen and oxygen atoms in total. The number of thiophene rings is 2. The molecular weight excluding hydrogens is 733 g/mol. The third-order valence-corrected chi connectivity index (χ3v) is 13.5. The SMILES string of the molecule is c1ccc(-c2nc(-c3ccccc3)nc(-c3cccc4c3sc3c(-c5ccc6c(c5)c5cc7sc8ccccc8c7cc5n6-c5ccccc5)cccc34)n2)cc1. The van der Waals surface area contributed by atoms with E-state index in [1.807, 2.05) is 59.1 Å². The lowest BCUT2D eigenvalue weighted by Crippen LogP contribution is -2.00. The Labute approximate surface area is 335 Å². The third-order valence-electron chi connectivity index (χ3n) is 11.1. The van der Waals surface area contributed by atoms with Crippen LogP contribution in [0.3, 0.4) is 0 Å². The first-order chi connectivity index (χ1) is 28.2. The Hall–Kier alpha value is -6.99. The lowest BCUT2D eigenvalue weighted by molar-refractivity contribution is 1.08. The highest BCUT2D eigenvalue weighted by Gasteiger charge is 2.20. The largest absolute Gasteiger partial charge is 0.309 e. The summed E-state index contributed by atoms with van der Waals surface area (Å²) in [5.41, 5.74) is 8.92. The van der Waals surface area contributed by atoms with Crippen molar-refractivity contribution < 1.29 is 0 Å². The van der Waals surface area contributed by atoms with Crippen molar-refractivity contribution in [1.82, 2.24) is 19.5 Å². The fourth-order valence-corrected chi connectivity index (χ4v) is 10.9. The van der Waals surface area contributed by atoms with Crippen molar-refractivity contribution in [1.29, 1.82) is 0 Å². The summed E-state index contributed by atoms with van der Waals surface area (Å²) in [6.07, 6.45) is 0. The lowest BCUT2D eigenvalue weighted by Gasteiger charge is -2.09. The molecule has 0 atom stereocenters. The zero-order chi connectivity index (χ0) is 37.5. The molecule has 12 rings (SSSR count). The van der Waals surface area contributed by atoms with Crippen molar-refractivity contribution in [3.63, 3.8) is 0 Å². The van der Waals surface area contributed by atoms with Crippen LogP contribution in [0.4, 0.5) is 0 Å². The molecule has 4 aromatic heterocycles. The van der Waals surface area contributed by atoms with Crippen molar-refractivity contribution >= 4 is 84.8 Å². The van der Waals surface area contributed by atoms with E-state index in [1.165, 1.54) is 68.6 Å². The maximum absolute atomic E-state index is 5.11. The molecule has 0 bridgehead atoms. The molecule has 0 radical (unpaired) electrons. The van der Waals surface area contributed by atoms with Gasteiger partial charge in [-0.1, -0.05) is 133 Å². The van der Waals surface area contributed by atoms with E-state index in [9.17, 15) is 0 Å². The first-order valence-electron chi connectivity index (χ1n) is 19.0. The van der Waals surface area contributed by atoms with E-state index in [2.05, 4.69) is 150 Å². The van der Waals surface area contributed by atoms with Crippen LogP contribution in [0.5, 0.6) is 0 Å². The minimum Gasteiger partial charge on any atom is -0.309 e. The highest BCUT2D eigenvalue weighted by atomic mass is 32.1. The summed E-state index contributed by atoms with van der Waals surface area (Å²) in [6.45, 7) is 0. The Morgan fingerprint density at radius 1 is 0.333 bits per heavy atom. The quantitative estimate of drug-likeness (QED) is 0.175. The Bertz CT molecular complexity index is 3450. The molecule has 57 heavy (non-hydrogen) atoms. The molecule has 0 saturated carbocycles. The number of aromatic nitrogens is 4. The summed E-state index contributed by atoms with van der Waals surface area (Å²) < 4.78 is 7.47. The van der Waals surface area contributed by atoms with Crippen LogP contribution < -0.4 is 0 Å². The molecule has 0 spiro atoms. The number of hydrogen-bond acceptors (Lipinski definition) is 5. The fraction of sp³-hybridized carbons (Fsp3) is 0. The topological polar surface area (TPSA) is 43.6 Å². The van der Waals surface area contributed by atoms with Crippen LogP contribution in [0.1, 0.15) is 0 Å². The first kappa shape index (κ1) is 32.3. The van der Waals surface area contributed by atoms with Gasteiger partial charge in [0.15, 0.2) is 17.5 Å². The molecule has 0 aliphatic heterocycles. The first-order valence-corrected chi connectivity index (χ1v) is 20.7. The van der Waals surface area contributed by atoms with Crippen LogP contribution in [0.15, 0.2) is 182 Å². The van der Waals surface area contributed by atoms with Gasteiger partial charge in [0, 0.05) is 73.5 Å². The van der Waals surface area contributed by atoms with Crippen LogP contribution >= 0.6 is 22.7 Å². The summed E-state index contributed by atoms with van der Waals surface area (Å²) in [5.74, 6) is 1.99. The molecule has 0 unspecified atom stereocenters. The number of fused-ring (bicyclic) bond motifs is 9. The summed E-state index contributed by atoms with van der Waals surface area (Å²) in [5, 5.41) is 7.56. The van der Waals surface area contributed by atoms with Crippen molar-refractivity contribution in [2.75, 3.05) is 0 Å². The van der Waals surface area contributed by atoms with E-state index in [0.717, 1.165) is 27.1 Å². The fourth-order valence-electron chi connectivity index (χ4n) is 8.41. The second kappa shape index (κ2) is 12.8. The van der Waals surface area contributed by atoms with Crippen molar-refractivity contribution in [2.45, 2.75) is 0 Å². The summed E-state index contributed by atoms with van der Waals surface area (Å²) in [4.78, 5) is 15.2. The maximum atomic E-state index is 5.11. The molecule has 4 heterocycles. The van der Waals surface area contributed by atoms with Gasteiger partial charge in [-0.3, -0.25) is 0 Å². The van der Waals surface area contributed by atoms with Gasteiger partial charge in [-0.2, -0.15) is 0 Å². The number of para-hydroxylation sites is 1. The molecule has 12 aromatic rings. The Morgan fingerprint density at radius 2 is 0.912 bits per heavy atom. The van der Waals surface area contributed by atoms with E-state index in [4.69, 9.17) is 15.0 Å². The molecule has 266 valence electrons. The van der Waals surface area contributed by atoms with Crippen LogP contribution in [0, 0.1) is 0 Å². The number of rotatable bonds is 5. The zero-order valence-corrected chi connectivity index (χ0v) is 32.1. The van der Waals surface area contributed by atoms with E-state index >= 15 is 0 Å². The van der Waals surface area contributed by atoms with Crippen molar-refractivity contribution in [3.8, 4) is 51.0 Å². The minimum atomic E-state index is 0.661. The Morgan fingerprint density at radius 3 is 1.63 bits per heavy atom. The standard InChI is InChI=1S/C51H30N4S2/c1-4-14-31(15-5-1)49-52-50(32-16-6-2-7-17-32)54-51(53-49)39-24-13-23-38-37-22-12-21-35(47(37)57-48(38)39)33-26-27-43-40(28-33)41-30-46-42(36-20-10-11-25-45(36)56-46)29-44(41)55(43)34-18-8-3-9-19-34/h1-30H. The highest BCUT2D eigenvalue weighted by Crippen LogP contribution is 2.46. The van der Waals surface area contributed by atoms with Gasteiger partial charge in [0.2, 0.25) is 0 Å². The van der Waals surface area contributed by atoms with Gasteiger partial charge in [0.25, 0.3) is 0 Å². The average Bonchev–Trinajstić information content (AvgIpc) is 3.95. The van der Waals surface area contributed by atoms with Gasteiger partial charge in [0.1, 0.15) is 0 Å². The molecule has 0 aliphatic rings. The molecule has 0 fully saturated rings. The third kappa shape index (κ3) is 5.15. The predicted molar refractivity (Wildman–Crippen MR) is 242 cm³/mol. The number of hydrogen-bond donors (Lipinski definition) is 0. The second-order valence-electron chi connectivity index (χ2n) is 14.4. The van der Waals surface area contributed by atoms with Crippen LogP contribution in [-0.2, 0) is 0 Å². The van der Waals surface area contributed by atoms with Crippen molar-refractivity contribution in [2.24, 2.45) is 0 Å². The minimum absolute atomic E-state index is 0.661. The average molecular weight is 763 g/mol. The summed E-state index contributed by atoms with van der Waals surface area (Å²) in [7, 11) is 0. The molecular formula is C51H30N4S2. The normalized spacial score (nSPS) is 11.9. The van der Waals surface area contributed by atoms with E-state index in [-0.39, 0.29) is 0 Å². The van der Waals surface area contributed by atoms with Crippen molar-refractivity contribution in [3.05, 3.63) is 182 Å². The van der Waals surface area contributed by atoms with Crippen LogP contribution in [0.2, 0.25) is 0 Å². The molecule has 8 aromatic carbocycles. The van der Waals surface area contributed by atoms with E-state index < -0.39 is 0 Å². The van der Waals surface area contributed by atoms with Gasteiger partial charge in [-0.25, -0.2) is 15.0 Å². The van der Waals surface area contributed by atoms with Gasteiger partial charge in [0.05, 0.1) is 11.0 Å². The van der Waals surface area contributed by atoms with Gasteiger partial charge >= 0.3 is 0 Å². The molecule has 0 N–H and O–H groups in total. The van der Waals surface area contributed by atoms with E-state index in [0.29, 0.717) is 17.5 Å². The van der Waals surface area contributed by atoms with Gasteiger partial charge in [-0.05, 0) is 59.7 Å². The number of nitrogens with zero attached hydrogens (tertiary/aromatic N) is 4.